The first-order valence-corrected chi connectivity index (χ1v) is 13.0. The second kappa shape index (κ2) is 9.86. The molecule has 1 amide bonds. The summed E-state index contributed by atoms with van der Waals surface area (Å²) in [6.45, 7) is 7.41. The van der Waals surface area contributed by atoms with Gasteiger partial charge in [0.1, 0.15) is 17.1 Å². The summed E-state index contributed by atoms with van der Waals surface area (Å²) in [5.41, 5.74) is 2.40. The monoisotopic (exact) mass is 530 g/mol. The van der Waals surface area contributed by atoms with Crippen LogP contribution >= 0.6 is 11.3 Å². The molecule has 1 fully saturated rings. The molecule has 194 valence electrons. The van der Waals surface area contributed by atoms with Gasteiger partial charge in [0, 0.05) is 13.1 Å². The molecule has 1 atom stereocenters. The molecule has 1 saturated heterocycles. The van der Waals surface area contributed by atoms with Crippen molar-refractivity contribution in [2.24, 2.45) is 0 Å². The number of carbonyl (C=O) groups is 3. The topological polar surface area (TPSA) is 114 Å². The van der Waals surface area contributed by atoms with Crippen molar-refractivity contribution in [2.45, 2.75) is 40.2 Å². The van der Waals surface area contributed by atoms with Crippen LogP contribution < -0.4 is 9.64 Å². The van der Waals surface area contributed by atoms with Gasteiger partial charge in [-0.05, 0) is 50.1 Å². The minimum Gasteiger partial charge on any atom is -0.505 e. The van der Waals surface area contributed by atoms with Gasteiger partial charge in [-0.3, -0.25) is 23.7 Å². The number of anilines is 1. The Morgan fingerprint density at radius 2 is 1.82 bits per heavy atom. The highest BCUT2D eigenvalue weighted by atomic mass is 32.1. The number of imidazole rings is 1. The number of aromatic nitrogens is 3. The molecule has 10 heteroatoms. The Bertz CT molecular complexity index is 1620. The van der Waals surface area contributed by atoms with E-state index in [1.54, 1.807) is 60.8 Å². The quantitative estimate of drug-likeness (QED) is 0.154. The van der Waals surface area contributed by atoms with E-state index in [1.165, 1.54) is 11.8 Å². The highest BCUT2D eigenvalue weighted by Gasteiger charge is 2.48. The van der Waals surface area contributed by atoms with Crippen LogP contribution in [0.1, 0.15) is 58.6 Å². The normalized spacial score (nSPS) is 16.9. The zero-order valence-electron chi connectivity index (χ0n) is 21.4. The summed E-state index contributed by atoms with van der Waals surface area (Å²) in [4.78, 5) is 49.8. The number of ether oxygens (including phenoxy) is 1. The molecule has 0 spiro atoms. The lowest BCUT2D eigenvalue weighted by Gasteiger charge is -2.23. The van der Waals surface area contributed by atoms with Crippen LogP contribution in [0.2, 0.25) is 0 Å². The fraction of sp³-hybridized carbons (Fsp3) is 0.250. The number of aryl methyl sites for hydroxylation is 2. The van der Waals surface area contributed by atoms with E-state index >= 15 is 0 Å². The smallest absolute Gasteiger partial charge is 0.301 e. The van der Waals surface area contributed by atoms with Crippen molar-refractivity contribution in [1.82, 2.24) is 14.4 Å². The summed E-state index contributed by atoms with van der Waals surface area (Å²) in [6, 6.07) is 11.5. The van der Waals surface area contributed by atoms with Crippen LogP contribution in [0.4, 0.5) is 5.13 Å². The zero-order valence-corrected chi connectivity index (χ0v) is 22.2. The molecule has 1 aliphatic heterocycles. The van der Waals surface area contributed by atoms with Gasteiger partial charge in [0.05, 0.1) is 34.5 Å². The van der Waals surface area contributed by atoms with E-state index in [4.69, 9.17) is 4.74 Å². The van der Waals surface area contributed by atoms with E-state index in [9.17, 15) is 19.5 Å². The minimum absolute atomic E-state index is 0.0804. The number of aliphatic hydroxyl groups is 1. The molecule has 38 heavy (non-hydrogen) atoms. The molecule has 1 aliphatic rings. The van der Waals surface area contributed by atoms with Crippen LogP contribution in [0.5, 0.6) is 5.75 Å². The van der Waals surface area contributed by atoms with Crippen molar-refractivity contribution < 1.29 is 24.2 Å². The van der Waals surface area contributed by atoms with E-state index < -0.39 is 17.7 Å². The van der Waals surface area contributed by atoms with Gasteiger partial charge in [-0.2, -0.15) is 0 Å². The van der Waals surface area contributed by atoms with Crippen LogP contribution in [0.3, 0.4) is 0 Å². The average Bonchev–Trinajstić information content (AvgIpc) is 3.53. The molecule has 0 radical (unpaired) electrons. The van der Waals surface area contributed by atoms with Crippen molar-refractivity contribution in [1.29, 1.82) is 0 Å². The first-order chi connectivity index (χ1) is 18.2. The van der Waals surface area contributed by atoms with Crippen molar-refractivity contribution in [2.75, 3.05) is 11.5 Å². The maximum absolute atomic E-state index is 13.5. The standard InChI is InChI=1S/C28H26N4O5S/c1-5-14-37-19-11-9-18(10-12-19)23-21(24(34)22-15(2)29-20-8-6-7-13-31(20)22)25(35)27(36)32(23)28-30-16(3)26(38-28)17(4)33/h6-13,23,34H,5,14H2,1-4H3. The molecule has 9 nitrogen and oxygen atoms in total. The summed E-state index contributed by atoms with van der Waals surface area (Å²) in [7, 11) is 0. The molecule has 1 unspecified atom stereocenters. The predicted octanol–water partition coefficient (Wildman–Crippen LogP) is 5.03. The molecule has 0 bridgehead atoms. The summed E-state index contributed by atoms with van der Waals surface area (Å²) in [5, 5.41) is 11.8. The third-order valence-electron chi connectivity index (χ3n) is 6.35. The molecular formula is C28H26N4O5S. The largest absolute Gasteiger partial charge is 0.505 e. The lowest BCUT2D eigenvalue weighted by molar-refractivity contribution is -0.132. The SMILES string of the molecule is CCCOc1ccc(C2C(=C(O)c3c(C)nc4ccccn34)C(=O)C(=O)N2c2nc(C)c(C(C)=O)s2)cc1. The fourth-order valence-corrected chi connectivity index (χ4v) is 5.64. The third kappa shape index (κ3) is 4.16. The number of hydrogen-bond acceptors (Lipinski definition) is 8. The van der Waals surface area contributed by atoms with Gasteiger partial charge in [-0.25, -0.2) is 9.97 Å². The number of nitrogens with zero attached hydrogens (tertiary/aromatic N) is 4. The minimum atomic E-state index is -0.978. The highest BCUT2D eigenvalue weighted by Crippen LogP contribution is 2.44. The summed E-state index contributed by atoms with van der Waals surface area (Å²) < 4.78 is 7.38. The van der Waals surface area contributed by atoms with Crippen LogP contribution in [-0.2, 0) is 9.59 Å². The molecule has 4 heterocycles. The number of benzene rings is 1. The second-order valence-corrected chi connectivity index (χ2v) is 10.0. The van der Waals surface area contributed by atoms with Crippen LogP contribution in [0.25, 0.3) is 11.4 Å². The second-order valence-electron chi connectivity index (χ2n) is 9.03. The van der Waals surface area contributed by atoms with Crippen molar-refractivity contribution in [3.63, 3.8) is 0 Å². The average molecular weight is 531 g/mol. The number of thiazole rings is 1. The number of amides is 1. The Labute approximate surface area is 223 Å². The maximum atomic E-state index is 13.5. The van der Waals surface area contributed by atoms with E-state index in [0.29, 0.717) is 45.5 Å². The number of aliphatic hydroxyl groups excluding tert-OH is 1. The maximum Gasteiger partial charge on any atom is 0.301 e. The number of pyridine rings is 1. The number of rotatable bonds is 7. The van der Waals surface area contributed by atoms with E-state index in [-0.39, 0.29) is 22.2 Å². The number of ketones is 2. The number of Topliss-reactive ketones (excluding diaryl/α,β-unsaturated/α-hetero) is 2. The Balaban J connectivity index is 1.72. The lowest BCUT2D eigenvalue weighted by atomic mass is 9.96. The van der Waals surface area contributed by atoms with Gasteiger partial charge in [0.25, 0.3) is 5.78 Å². The van der Waals surface area contributed by atoms with Gasteiger partial charge in [0.15, 0.2) is 16.7 Å². The summed E-state index contributed by atoms with van der Waals surface area (Å²) in [5.74, 6) is -1.55. The molecule has 1 aromatic carbocycles. The van der Waals surface area contributed by atoms with Crippen LogP contribution in [0, 0.1) is 13.8 Å². The van der Waals surface area contributed by atoms with Gasteiger partial charge < -0.3 is 9.84 Å². The molecule has 3 aromatic heterocycles. The van der Waals surface area contributed by atoms with E-state index in [2.05, 4.69) is 9.97 Å². The highest BCUT2D eigenvalue weighted by molar-refractivity contribution is 7.18. The summed E-state index contributed by atoms with van der Waals surface area (Å²) in [6.07, 6.45) is 2.58. The van der Waals surface area contributed by atoms with Crippen LogP contribution in [-0.4, -0.2) is 43.6 Å². The third-order valence-corrected chi connectivity index (χ3v) is 7.61. The molecular weight excluding hydrogens is 504 g/mol. The number of fused-ring (bicyclic) bond motifs is 1. The Morgan fingerprint density at radius 3 is 2.47 bits per heavy atom. The van der Waals surface area contributed by atoms with Crippen molar-refractivity contribution in [3.05, 3.63) is 81.8 Å². The van der Waals surface area contributed by atoms with Gasteiger partial charge in [-0.1, -0.05) is 36.5 Å². The van der Waals surface area contributed by atoms with Crippen molar-refractivity contribution >= 4 is 45.3 Å². The van der Waals surface area contributed by atoms with Gasteiger partial charge in [0.2, 0.25) is 0 Å². The number of carbonyl (C=O) groups excluding carboxylic acids is 3. The van der Waals surface area contributed by atoms with E-state index in [1.807, 2.05) is 13.0 Å². The Morgan fingerprint density at radius 1 is 1.08 bits per heavy atom. The lowest BCUT2D eigenvalue weighted by Crippen LogP contribution is -2.29. The Kier molecular flexibility index (Phi) is 6.58. The first kappa shape index (κ1) is 25.3. The van der Waals surface area contributed by atoms with Gasteiger partial charge >= 0.3 is 5.91 Å². The predicted molar refractivity (Wildman–Crippen MR) is 144 cm³/mol. The number of hydrogen-bond donors (Lipinski definition) is 1. The Hall–Kier alpha value is -4.31. The van der Waals surface area contributed by atoms with E-state index in [0.717, 1.165) is 17.8 Å². The first-order valence-electron chi connectivity index (χ1n) is 12.2. The van der Waals surface area contributed by atoms with Crippen molar-refractivity contribution in [3.8, 4) is 5.75 Å². The van der Waals surface area contributed by atoms with Crippen LogP contribution in [0.15, 0.2) is 54.2 Å². The molecule has 0 aliphatic carbocycles. The van der Waals surface area contributed by atoms with Gasteiger partial charge in [-0.15, -0.1) is 0 Å². The zero-order chi connectivity index (χ0) is 27.1. The fourth-order valence-electron chi connectivity index (χ4n) is 4.65. The molecule has 5 rings (SSSR count). The summed E-state index contributed by atoms with van der Waals surface area (Å²) >= 11 is 1.05. The molecule has 0 saturated carbocycles. The molecule has 4 aromatic rings. The molecule has 1 N–H and O–H groups in total.